The highest BCUT2D eigenvalue weighted by molar-refractivity contribution is 5.78. The standard InChI is InChI=1S/C14H19NO4/c1-10-3-5-11(6-4-10)7-8-13(16)15-9-12(19-2)14(17)18/h3-6,12H,7-9H2,1-2H3,(H,15,16)(H,17,18). The summed E-state index contributed by atoms with van der Waals surface area (Å²) in [6, 6.07) is 7.97. The predicted molar refractivity (Wildman–Crippen MR) is 70.9 cm³/mol. The number of hydrogen-bond donors (Lipinski definition) is 2. The lowest BCUT2D eigenvalue weighted by atomic mass is 10.1. The number of carbonyl (C=O) groups is 2. The summed E-state index contributed by atoms with van der Waals surface area (Å²) < 4.78 is 4.72. The summed E-state index contributed by atoms with van der Waals surface area (Å²) >= 11 is 0. The summed E-state index contributed by atoms with van der Waals surface area (Å²) in [6.07, 6.45) is -0.0287. The van der Waals surface area contributed by atoms with Gasteiger partial charge in [0.05, 0.1) is 6.54 Å². The van der Waals surface area contributed by atoms with Gasteiger partial charge in [-0.05, 0) is 18.9 Å². The van der Waals surface area contributed by atoms with Crippen LogP contribution in [0.5, 0.6) is 0 Å². The highest BCUT2D eigenvalue weighted by Gasteiger charge is 2.16. The smallest absolute Gasteiger partial charge is 0.334 e. The van der Waals surface area contributed by atoms with Crippen molar-refractivity contribution in [1.29, 1.82) is 0 Å². The molecular formula is C14H19NO4. The van der Waals surface area contributed by atoms with Crippen LogP contribution in [0.15, 0.2) is 24.3 Å². The van der Waals surface area contributed by atoms with Crippen molar-refractivity contribution in [2.24, 2.45) is 0 Å². The van der Waals surface area contributed by atoms with Crippen LogP contribution in [0.2, 0.25) is 0 Å². The average molecular weight is 265 g/mol. The number of rotatable bonds is 7. The van der Waals surface area contributed by atoms with Gasteiger partial charge in [-0.3, -0.25) is 4.79 Å². The molecule has 0 saturated carbocycles. The Hall–Kier alpha value is -1.88. The first kappa shape index (κ1) is 15.2. The van der Waals surface area contributed by atoms with Gasteiger partial charge in [0.2, 0.25) is 5.91 Å². The fourth-order valence-corrected chi connectivity index (χ4v) is 1.58. The molecule has 104 valence electrons. The van der Waals surface area contributed by atoms with Gasteiger partial charge in [0.25, 0.3) is 0 Å². The number of hydrogen-bond acceptors (Lipinski definition) is 3. The summed E-state index contributed by atoms with van der Waals surface area (Å²) in [7, 11) is 1.30. The molecule has 1 unspecified atom stereocenters. The molecule has 0 fully saturated rings. The molecule has 0 spiro atoms. The Morgan fingerprint density at radius 1 is 1.32 bits per heavy atom. The molecule has 1 aromatic carbocycles. The Morgan fingerprint density at radius 2 is 1.95 bits per heavy atom. The van der Waals surface area contributed by atoms with Crippen LogP contribution in [0.1, 0.15) is 17.5 Å². The molecule has 0 radical (unpaired) electrons. The Kier molecular flexibility index (Phi) is 6.02. The zero-order valence-corrected chi connectivity index (χ0v) is 11.2. The van der Waals surface area contributed by atoms with E-state index in [1.807, 2.05) is 31.2 Å². The molecule has 0 aliphatic carbocycles. The minimum Gasteiger partial charge on any atom is -0.479 e. The molecule has 0 saturated heterocycles. The van der Waals surface area contributed by atoms with Crippen molar-refractivity contribution in [1.82, 2.24) is 5.32 Å². The SMILES string of the molecule is COC(CNC(=O)CCc1ccc(C)cc1)C(=O)O. The van der Waals surface area contributed by atoms with Gasteiger partial charge in [0.1, 0.15) is 0 Å². The van der Waals surface area contributed by atoms with Crippen LogP contribution in [-0.4, -0.2) is 36.7 Å². The quantitative estimate of drug-likeness (QED) is 0.775. The number of carbonyl (C=O) groups excluding carboxylic acids is 1. The Morgan fingerprint density at radius 3 is 2.47 bits per heavy atom. The van der Waals surface area contributed by atoms with E-state index >= 15 is 0 Å². The van der Waals surface area contributed by atoms with E-state index in [2.05, 4.69) is 5.32 Å². The summed E-state index contributed by atoms with van der Waals surface area (Å²) in [6.45, 7) is 1.99. The van der Waals surface area contributed by atoms with E-state index in [4.69, 9.17) is 9.84 Å². The normalized spacial score (nSPS) is 11.9. The van der Waals surface area contributed by atoms with E-state index in [0.717, 1.165) is 5.56 Å². The average Bonchev–Trinajstić information content (AvgIpc) is 2.38. The minimum atomic E-state index is -1.08. The Balaban J connectivity index is 2.31. The fraction of sp³-hybridized carbons (Fsp3) is 0.429. The predicted octanol–water partition coefficient (Wildman–Crippen LogP) is 1.14. The van der Waals surface area contributed by atoms with Gasteiger partial charge >= 0.3 is 5.97 Å². The van der Waals surface area contributed by atoms with E-state index in [1.165, 1.54) is 12.7 Å². The number of amides is 1. The molecule has 2 N–H and O–H groups in total. The third-order valence-corrected chi connectivity index (χ3v) is 2.81. The molecule has 1 amide bonds. The maximum atomic E-state index is 11.6. The molecule has 0 bridgehead atoms. The van der Waals surface area contributed by atoms with Gasteiger partial charge in [-0.2, -0.15) is 0 Å². The number of ether oxygens (including phenoxy) is 1. The van der Waals surface area contributed by atoms with Crippen LogP contribution in [0.3, 0.4) is 0 Å². The van der Waals surface area contributed by atoms with Crippen LogP contribution in [0.4, 0.5) is 0 Å². The van der Waals surface area contributed by atoms with Crippen molar-refractivity contribution >= 4 is 11.9 Å². The van der Waals surface area contributed by atoms with Gasteiger partial charge in [-0.1, -0.05) is 29.8 Å². The topological polar surface area (TPSA) is 75.6 Å². The summed E-state index contributed by atoms with van der Waals surface area (Å²) in [5, 5.41) is 11.3. The first-order valence-corrected chi connectivity index (χ1v) is 6.10. The van der Waals surface area contributed by atoms with Gasteiger partial charge in [-0.15, -0.1) is 0 Å². The van der Waals surface area contributed by atoms with Gasteiger partial charge in [0.15, 0.2) is 6.10 Å². The van der Waals surface area contributed by atoms with E-state index < -0.39 is 12.1 Å². The molecule has 1 atom stereocenters. The third kappa shape index (κ3) is 5.52. The highest BCUT2D eigenvalue weighted by atomic mass is 16.5. The maximum Gasteiger partial charge on any atom is 0.334 e. The summed E-state index contributed by atoms with van der Waals surface area (Å²) in [5.74, 6) is -1.26. The summed E-state index contributed by atoms with van der Waals surface area (Å²) in [5.41, 5.74) is 2.26. The second-order valence-electron chi connectivity index (χ2n) is 4.35. The van der Waals surface area contributed by atoms with Gasteiger partial charge in [0, 0.05) is 13.5 Å². The number of benzene rings is 1. The number of nitrogens with one attached hydrogen (secondary N) is 1. The largest absolute Gasteiger partial charge is 0.479 e. The van der Waals surface area contributed by atoms with Gasteiger partial charge in [-0.25, -0.2) is 4.79 Å². The second-order valence-corrected chi connectivity index (χ2v) is 4.35. The van der Waals surface area contributed by atoms with Crippen LogP contribution in [-0.2, 0) is 20.7 Å². The van der Waals surface area contributed by atoms with Crippen LogP contribution in [0.25, 0.3) is 0 Å². The number of aryl methyl sites for hydroxylation is 2. The molecule has 0 aliphatic heterocycles. The van der Waals surface area contributed by atoms with Crippen molar-refractivity contribution in [2.75, 3.05) is 13.7 Å². The molecule has 0 heterocycles. The molecule has 5 heteroatoms. The highest BCUT2D eigenvalue weighted by Crippen LogP contribution is 2.05. The lowest BCUT2D eigenvalue weighted by Crippen LogP contribution is -2.37. The van der Waals surface area contributed by atoms with Crippen LogP contribution < -0.4 is 5.32 Å². The molecule has 1 rings (SSSR count). The Bertz CT molecular complexity index is 428. The molecule has 0 aliphatic rings. The van der Waals surface area contributed by atoms with E-state index in [0.29, 0.717) is 12.8 Å². The monoisotopic (exact) mass is 265 g/mol. The molecule has 1 aromatic rings. The summed E-state index contributed by atoms with van der Waals surface area (Å²) in [4.78, 5) is 22.2. The minimum absolute atomic E-state index is 0.0153. The van der Waals surface area contributed by atoms with Crippen molar-refractivity contribution in [3.8, 4) is 0 Å². The van der Waals surface area contributed by atoms with Crippen LogP contribution >= 0.6 is 0 Å². The zero-order chi connectivity index (χ0) is 14.3. The van der Waals surface area contributed by atoms with E-state index in [-0.39, 0.29) is 12.5 Å². The fourth-order valence-electron chi connectivity index (χ4n) is 1.58. The third-order valence-electron chi connectivity index (χ3n) is 2.81. The molecule has 19 heavy (non-hydrogen) atoms. The Labute approximate surface area is 112 Å². The lowest BCUT2D eigenvalue weighted by Gasteiger charge is -2.11. The first-order chi connectivity index (χ1) is 9.02. The maximum absolute atomic E-state index is 11.6. The zero-order valence-electron chi connectivity index (χ0n) is 11.2. The van der Waals surface area contributed by atoms with Crippen molar-refractivity contribution < 1.29 is 19.4 Å². The first-order valence-electron chi connectivity index (χ1n) is 6.10. The van der Waals surface area contributed by atoms with E-state index in [1.54, 1.807) is 0 Å². The van der Waals surface area contributed by atoms with Gasteiger partial charge < -0.3 is 15.2 Å². The number of aliphatic carboxylic acids is 1. The second kappa shape index (κ2) is 7.53. The van der Waals surface area contributed by atoms with E-state index in [9.17, 15) is 9.59 Å². The van der Waals surface area contributed by atoms with Crippen molar-refractivity contribution in [3.05, 3.63) is 35.4 Å². The lowest BCUT2D eigenvalue weighted by molar-refractivity contribution is -0.148. The number of carboxylic acid groups (broad SMARTS) is 1. The molecular weight excluding hydrogens is 246 g/mol. The molecule has 5 nitrogen and oxygen atoms in total. The van der Waals surface area contributed by atoms with Crippen molar-refractivity contribution in [3.63, 3.8) is 0 Å². The number of methoxy groups -OCH3 is 1. The number of carboxylic acids is 1. The van der Waals surface area contributed by atoms with Crippen LogP contribution in [0, 0.1) is 6.92 Å². The van der Waals surface area contributed by atoms with Crippen molar-refractivity contribution in [2.45, 2.75) is 25.9 Å². The molecule has 0 aromatic heterocycles.